The van der Waals surface area contributed by atoms with E-state index in [-0.39, 0.29) is 5.88 Å². The third-order valence-corrected chi connectivity index (χ3v) is 4.51. The van der Waals surface area contributed by atoms with Crippen LogP contribution in [0.15, 0.2) is 91.0 Å². The van der Waals surface area contributed by atoms with Gasteiger partial charge in [0, 0.05) is 0 Å². The molecule has 28 heavy (non-hydrogen) atoms. The highest BCUT2D eigenvalue weighted by atomic mass is 35.5. The summed E-state index contributed by atoms with van der Waals surface area (Å²) in [4.78, 5) is 25.6. The predicted molar refractivity (Wildman–Crippen MR) is 109 cm³/mol. The molecule has 0 aliphatic carbocycles. The normalized spacial score (nSPS) is 10.9. The lowest BCUT2D eigenvalue weighted by atomic mass is 9.85. The van der Waals surface area contributed by atoms with Crippen molar-refractivity contribution in [1.29, 1.82) is 0 Å². The molecule has 0 atom stereocenters. The van der Waals surface area contributed by atoms with Crippen molar-refractivity contribution in [3.8, 4) is 0 Å². The molecule has 3 rings (SSSR count). The van der Waals surface area contributed by atoms with Crippen molar-refractivity contribution >= 4 is 29.1 Å². The Morgan fingerprint density at radius 1 is 0.821 bits per heavy atom. The van der Waals surface area contributed by atoms with Crippen LogP contribution in [0, 0.1) is 0 Å². The van der Waals surface area contributed by atoms with Gasteiger partial charge in [0.25, 0.3) is 11.8 Å². The first-order chi connectivity index (χ1) is 13.6. The predicted octanol–water partition coefficient (Wildman–Crippen LogP) is 3.23. The van der Waals surface area contributed by atoms with Crippen molar-refractivity contribution in [3.63, 3.8) is 0 Å². The van der Waals surface area contributed by atoms with Gasteiger partial charge in [-0.1, -0.05) is 78.9 Å². The highest BCUT2D eigenvalue weighted by molar-refractivity contribution is 6.27. The van der Waals surface area contributed by atoms with Gasteiger partial charge in [-0.2, -0.15) is 0 Å². The lowest BCUT2D eigenvalue weighted by Gasteiger charge is -2.34. The number of amides is 2. The summed E-state index contributed by atoms with van der Waals surface area (Å²) in [5.41, 5.74) is 1.63. The molecule has 0 radical (unpaired) electrons. The highest BCUT2D eigenvalue weighted by Gasteiger charge is 2.43. The Morgan fingerprint density at radius 2 is 1.25 bits per heavy atom. The number of halogens is 1. The summed E-state index contributed by atoms with van der Waals surface area (Å²) < 4.78 is 0. The smallest absolute Gasteiger partial charge is 0.287 e. The molecule has 2 amide bonds. The number of hydrazine groups is 1. The number of para-hydroxylation sites is 1. The molecule has 0 spiro atoms. The number of aliphatic hydroxyl groups is 1. The first-order valence-electron chi connectivity index (χ1n) is 8.66. The molecule has 0 heterocycles. The van der Waals surface area contributed by atoms with Crippen LogP contribution in [0.1, 0.15) is 11.1 Å². The van der Waals surface area contributed by atoms with Crippen LogP contribution in [0.5, 0.6) is 0 Å². The van der Waals surface area contributed by atoms with Crippen molar-refractivity contribution in [2.75, 3.05) is 10.9 Å². The van der Waals surface area contributed by atoms with Crippen molar-refractivity contribution < 1.29 is 14.7 Å². The SMILES string of the molecule is O=C(CCl)NN(C(=O)C(O)(c1ccccc1)c1ccccc1)c1ccccc1. The quantitative estimate of drug-likeness (QED) is 0.515. The average molecular weight is 395 g/mol. The molecule has 142 valence electrons. The summed E-state index contributed by atoms with van der Waals surface area (Å²) in [6.45, 7) is 0. The van der Waals surface area contributed by atoms with Gasteiger partial charge in [-0.05, 0) is 23.3 Å². The number of hydrogen-bond acceptors (Lipinski definition) is 3. The summed E-state index contributed by atoms with van der Waals surface area (Å²) >= 11 is 5.62. The first kappa shape index (κ1) is 19.6. The standard InChI is InChI=1S/C22H19ClN2O3/c23-16-20(26)24-25(19-14-8-3-9-15-19)21(27)22(28,17-10-4-1-5-11-17)18-12-6-2-7-13-18/h1-15,28H,16H2,(H,24,26). The number of benzene rings is 3. The second-order valence-corrected chi connectivity index (χ2v) is 6.35. The number of nitrogens with zero attached hydrogens (tertiary/aromatic N) is 1. The number of anilines is 1. The van der Waals surface area contributed by atoms with E-state index in [1.165, 1.54) is 0 Å². The molecule has 5 nitrogen and oxygen atoms in total. The molecular formula is C22H19ClN2O3. The molecule has 0 aromatic heterocycles. The Hall–Kier alpha value is -3.15. The summed E-state index contributed by atoms with van der Waals surface area (Å²) in [6, 6.07) is 25.8. The molecule has 0 saturated carbocycles. The number of nitrogens with one attached hydrogen (secondary N) is 1. The van der Waals surface area contributed by atoms with Gasteiger partial charge in [-0.25, -0.2) is 5.01 Å². The van der Waals surface area contributed by atoms with Crippen LogP contribution >= 0.6 is 11.6 Å². The van der Waals surface area contributed by atoms with E-state index in [9.17, 15) is 14.7 Å². The van der Waals surface area contributed by atoms with E-state index in [0.29, 0.717) is 16.8 Å². The maximum Gasteiger partial charge on any atom is 0.287 e. The maximum atomic E-state index is 13.6. The number of carbonyl (C=O) groups is 2. The fraction of sp³-hybridized carbons (Fsp3) is 0.0909. The lowest BCUT2D eigenvalue weighted by molar-refractivity contribution is -0.136. The summed E-state index contributed by atoms with van der Waals surface area (Å²) in [5, 5.41) is 12.7. The average Bonchev–Trinajstić information content (AvgIpc) is 2.78. The van der Waals surface area contributed by atoms with Crippen molar-refractivity contribution in [2.24, 2.45) is 0 Å². The van der Waals surface area contributed by atoms with Crippen LogP contribution in [0.4, 0.5) is 5.69 Å². The Kier molecular flexibility index (Phi) is 6.09. The van der Waals surface area contributed by atoms with Crippen LogP contribution in [-0.2, 0) is 15.2 Å². The molecule has 0 bridgehead atoms. The molecule has 0 unspecified atom stereocenters. The molecule has 2 N–H and O–H groups in total. The second-order valence-electron chi connectivity index (χ2n) is 6.09. The van der Waals surface area contributed by atoms with Gasteiger partial charge in [-0.15, -0.1) is 11.6 Å². The molecule has 0 saturated heterocycles. The molecule has 0 fully saturated rings. The summed E-state index contributed by atoms with van der Waals surface area (Å²) in [5.74, 6) is -1.62. The van der Waals surface area contributed by atoms with Gasteiger partial charge in [0.15, 0.2) is 5.60 Å². The second kappa shape index (κ2) is 8.69. The summed E-state index contributed by atoms with van der Waals surface area (Å²) in [7, 11) is 0. The van der Waals surface area contributed by atoms with Crippen molar-refractivity contribution in [3.05, 3.63) is 102 Å². The largest absolute Gasteiger partial charge is 0.372 e. The number of hydrogen-bond donors (Lipinski definition) is 2. The Balaban J connectivity index is 2.14. The van der Waals surface area contributed by atoms with Crippen LogP contribution in [0.3, 0.4) is 0 Å². The number of carbonyl (C=O) groups excluding carboxylic acids is 2. The van der Waals surface area contributed by atoms with E-state index >= 15 is 0 Å². The fourth-order valence-electron chi connectivity index (χ4n) is 2.90. The molecule has 0 aliphatic heterocycles. The van der Waals surface area contributed by atoms with E-state index in [2.05, 4.69) is 5.43 Å². The van der Waals surface area contributed by atoms with E-state index in [1.54, 1.807) is 91.0 Å². The van der Waals surface area contributed by atoms with Crippen LogP contribution in [-0.4, -0.2) is 22.8 Å². The zero-order valence-corrected chi connectivity index (χ0v) is 15.7. The minimum absolute atomic E-state index is 0.328. The topological polar surface area (TPSA) is 69.6 Å². The number of rotatable bonds is 5. The monoisotopic (exact) mass is 394 g/mol. The van der Waals surface area contributed by atoms with Crippen LogP contribution in [0.2, 0.25) is 0 Å². The Bertz CT molecular complexity index is 894. The highest BCUT2D eigenvalue weighted by Crippen LogP contribution is 2.32. The van der Waals surface area contributed by atoms with E-state index in [1.807, 2.05) is 0 Å². The fourth-order valence-corrected chi connectivity index (χ4v) is 2.96. The maximum absolute atomic E-state index is 13.6. The van der Waals surface area contributed by atoms with Crippen molar-refractivity contribution in [1.82, 2.24) is 5.43 Å². The molecule has 0 aliphatic rings. The zero-order valence-electron chi connectivity index (χ0n) is 15.0. The van der Waals surface area contributed by atoms with Crippen LogP contribution < -0.4 is 10.4 Å². The molecule has 3 aromatic carbocycles. The van der Waals surface area contributed by atoms with Gasteiger partial charge in [0.2, 0.25) is 0 Å². The van der Waals surface area contributed by atoms with E-state index in [4.69, 9.17) is 11.6 Å². The van der Waals surface area contributed by atoms with E-state index < -0.39 is 17.4 Å². The minimum Gasteiger partial charge on any atom is -0.372 e. The van der Waals surface area contributed by atoms with Gasteiger partial charge >= 0.3 is 0 Å². The van der Waals surface area contributed by atoms with Gasteiger partial charge in [-0.3, -0.25) is 15.0 Å². The van der Waals surface area contributed by atoms with Gasteiger partial charge in [0.05, 0.1) is 5.69 Å². The first-order valence-corrected chi connectivity index (χ1v) is 9.19. The minimum atomic E-state index is -2.02. The Labute approximate surface area is 168 Å². The molecule has 6 heteroatoms. The number of alkyl halides is 1. The zero-order chi connectivity index (χ0) is 20.0. The Morgan fingerprint density at radius 3 is 1.68 bits per heavy atom. The summed E-state index contributed by atoms with van der Waals surface area (Å²) in [6.07, 6.45) is 0. The lowest BCUT2D eigenvalue weighted by Crippen LogP contribution is -2.55. The third-order valence-electron chi connectivity index (χ3n) is 4.27. The van der Waals surface area contributed by atoms with Crippen LogP contribution in [0.25, 0.3) is 0 Å². The van der Waals surface area contributed by atoms with Crippen molar-refractivity contribution in [2.45, 2.75) is 5.60 Å². The van der Waals surface area contributed by atoms with Gasteiger partial charge < -0.3 is 5.11 Å². The third kappa shape index (κ3) is 3.91. The molecular weight excluding hydrogens is 376 g/mol. The van der Waals surface area contributed by atoms with E-state index in [0.717, 1.165) is 5.01 Å². The van der Waals surface area contributed by atoms with Gasteiger partial charge in [0.1, 0.15) is 5.88 Å². The molecule has 3 aromatic rings.